The number of hydrogen-bond donors (Lipinski definition) is 0. The van der Waals surface area contributed by atoms with Gasteiger partial charge in [0.1, 0.15) is 6.54 Å². The Morgan fingerprint density at radius 1 is 1.18 bits per heavy atom. The fourth-order valence-corrected chi connectivity index (χ4v) is 2.41. The Kier molecular flexibility index (Phi) is 4.64. The van der Waals surface area contributed by atoms with Crippen molar-refractivity contribution in [3.63, 3.8) is 0 Å². The van der Waals surface area contributed by atoms with Gasteiger partial charge in [0.05, 0.1) is 30.9 Å². The first-order valence-corrected chi connectivity index (χ1v) is 6.95. The molecule has 0 fully saturated rings. The third-order valence-electron chi connectivity index (χ3n) is 2.77. The van der Waals surface area contributed by atoms with Gasteiger partial charge in [-0.15, -0.1) is 11.3 Å². The third-order valence-corrected chi connectivity index (χ3v) is 3.41. The van der Waals surface area contributed by atoms with E-state index < -0.39 is 12.7 Å². The molecule has 0 N–H and O–H groups in total. The standard InChI is InChI=1S/C14H9F3N4S/c1-18-12-4-3-11(5-13(12)19-2)21(8-14(15,16)17)6-10-7-22-9-20-10/h3-5,7,9H,6,8H2. The summed E-state index contributed by atoms with van der Waals surface area (Å²) in [4.78, 5) is 11.5. The molecule has 0 spiro atoms. The maximum atomic E-state index is 12.8. The van der Waals surface area contributed by atoms with E-state index in [0.29, 0.717) is 5.69 Å². The molecule has 0 amide bonds. The Morgan fingerprint density at radius 3 is 2.45 bits per heavy atom. The second-order valence-corrected chi connectivity index (χ2v) is 5.07. The number of nitrogens with zero attached hydrogens (tertiary/aromatic N) is 4. The van der Waals surface area contributed by atoms with Crippen LogP contribution in [0.25, 0.3) is 9.69 Å². The Labute approximate surface area is 129 Å². The van der Waals surface area contributed by atoms with Gasteiger partial charge in [0.2, 0.25) is 0 Å². The Morgan fingerprint density at radius 2 is 1.91 bits per heavy atom. The van der Waals surface area contributed by atoms with Crippen molar-refractivity contribution < 1.29 is 13.2 Å². The van der Waals surface area contributed by atoms with Crippen molar-refractivity contribution in [2.45, 2.75) is 12.7 Å². The third kappa shape index (κ3) is 3.96. The van der Waals surface area contributed by atoms with Gasteiger partial charge >= 0.3 is 6.18 Å². The Hall–Kier alpha value is -2.58. The summed E-state index contributed by atoms with van der Waals surface area (Å²) in [5, 5.41) is 1.67. The summed E-state index contributed by atoms with van der Waals surface area (Å²) in [6, 6.07) is 4.08. The minimum Gasteiger partial charge on any atom is -0.358 e. The zero-order valence-electron chi connectivity index (χ0n) is 11.1. The fourth-order valence-electron chi connectivity index (χ4n) is 1.86. The molecule has 0 saturated carbocycles. The normalized spacial score (nSPS) is 10.8. The number of halogens is 3. The molecule has 1 aromatic heterocycles. The molecule has 0 aliphatic carbocycles. The van der Waals surface area contributed by atoms with E-state index in [9.17, 15) is 13.2 Å². The molecule has 4 nitrogen and oxygen atoms in total. The highest BCUT2D eigenvalue weighted by atomic mass is 32.1. The molecule has 0 radical (unpaired) electrons. The molecule has 0 aliphatic rings. The minimum absolute atomic E-state index is 0.0161. The van der Waals surface area contributed by atoms with Crippen LogP contribution in [0.3, 0.4) is 0 Å². The number of anilines is 1. The molecule has 0 saturated heterocycles. The molecule has 0 atom stereocenters. The van der Waals surface area contributed by atoms with Crippen molar-refractivity contribution in [3.05, 3.63) is 57.6 Å². The van der Waals surface area contributed by atoms with Crippen molar-refractivity contribution in [3.8, 4) is 0 Å². The second kappa shape index (κ2) is 6.46. The van der Waals surface area contributed by atoms with Crippen LogP contribution in [0.4, 0.5) is 30.2 Å². The second-order valence-electron chi connectivity index (χ2n) is 4.35. The Bertz CT molecular complexity index is 726. The van der Waals surface area contributed by atoms with Crippen LogP contribution in [0.5, 0.6) is 0 Å². The van der Waals surface area contributed by atoms with E-state index >= 15 is 0 Å². The van der Waals surface area contributed by atoms with Gasteiger partial charge in [-0.25, -0.2) is 4.98 Å². The first-order chi connectivity index (χ1) is 10.4. The maximum absolute atomic E-state index is 12.8. The monoisotopic (exact) mass is 322 g/mol. The summed E-state index contributed by atoms with van der Waals surface area (Å²) in [5.74, 6) is 0. The first-order valence-electron chi connectivity index (χ1n) is 6.00. The van der Waals surface area contributed by atoms with E-state index in [-0.39, 0.29) is 23.6 Å². The molecule has 112 valence electrons. The summed E-state index contributed by atoms with van der Waals surface area (Å²) in [7, 11) is 0. The molecule has 8 heteroatoms. The quantitative estimate of drug-likeness (QED) is 0.754. The van der Waals surface area contributed by atoms with Crippen molar-refractivity contribution in [1.82, 2.24) is 4.98 Å². The molecule has 1 heterocycles. The van der Waals surface area contributed by atoms with Crippen LogP contribution in [0.15, 0.2) is 29.1 Å². The lowest BCUT2D eigenvalue weighted by molar-refractivity contribution is -0.119. The van der Waals surface area contributed by atoms with Gasteiger partial charge in [-0.1, -0.05) is 12.1 Å². The van der Waals surface area contributed by atoms with Crippen LogP contribution in [0, 0.1) is 13.1 Å². The fraction of sp³-hybridized carbons (Fsp3) is 0.214. The molecular weight excluding hydrogens is 313 g/mol. The number of rotatable bonds is 4. The topological polar surface area (TPSA) is 24.9 Å². The summed E-state index contributed by atoms with van der Waals surface area (Å²) in [5.41, 5.74) is 2.47. The number of hydrogen-bond acceptors (Lipinski definition) is 3. The average Bonchev–Trinajstić information content (AvgIpc) is 2.97. The minimum atomic E-state index is -4.38. The van der Waals surface area contributed by atoms with Crippen molar-refractivity contribution >= 4 is 28.4 Å². The smallest absolute Gasteiger partial charge is 0.358 e. The lowest BCUT2D eigenvalue weighted by Gasteiger charge is -2.25. The molecular formula is C14H9F3N4S. The predicted molar refractivity (Wildman–Crippen MR) is 78.2 cm³/mol. The summed E-state index contributed by atoms with van der Waals surface area (Å²) < 4.78 is 38.3. The number of alkyl halides is 3. The van der Waals surface area contributed by atoms with Crippen LogP contribution < -0.4 is 4.90 Å². The van der Waals surface area contributed by atoms with E-state index in [4.69, 9.17) is 13.1 Å². The van der Waals surface area contributed by atoms with E-state index in [1.807, 2.05) is 0 Å². The zero-order valence-corrected chi connectivity index (χ0v) is 11.9. The van der Waals surface area contributed by atoms with Gasteiger partial charge in [-0.3, -0.25) is 9.69 Å². The number of aromatic nitrogens is 1. The van der Waals surface area contributed by atoms with Gasteiger partial charge < -0.3 is 4.90 Å². The molecule has 22 heavy (non-hydrogen) atoms. The van der Waals surface area contributed by atoms with Crippen LogP contribution in [-0.4, -0.2) is 17.7 Å². The predicted octanol–water partition coefficient (Wildman–Crippen LogP) is 4.81. The molecule has 2 aromatic rings. The zero-order chi connectivity index (χ0) is 16.2. The molecule has 2 rings (SSSR count). The van der Waals surface area contributed by atoms with Gasteiger partial charge in [0.15, 0.2) is 11.4 Å². The van der Waals surface area contributed by atoms with Crippen molar-refractivity contribution in [2.75, 3.05) is 11.4 Å². The highest BCUT2D eigenvalue weighted by Crippen LogP contribution is 2.34. The van der Waals surface area contributed by atoms with Crippen LogP contribution >= 0.6 is 11.3 Å². The van der Waals surface area contributed by atoms with Crippen molar-refractivity contribution in [1.29, 1.82) is 0 Å². The van der Waals surface area contributed by atoms with Crippen LogP contribution in [-0.2, 0) is 6.54 Å². The van der Waals surface area contributed by atoms with Crippen LogP contribution in [0.1, 0.15) is 5.69 Å². The lowest BCUT2D eigenvalue weighted by atomic mass is 10.2. The van der Waals surface area contributed by atoms with Gasteiger partial charge in [-0.05, 0) is 6.07 Å². The first kappa shape index (κ1) is 15.8. The van der Waals surface area contributed by atoms with Gasteiger partial charge in [-0.2, -0.15) is 13.2 Å². The Balaban J connectivity index is 2.36. The van der Waals surface area contributed by atoms with E-state index in [1.54, 1.807) is 10.9 Å². The molecule has 1 aromatic carbocycles. The van der Waals surface area contributed by atoms with E-state index in [2.05, 4.69) is 14.7 Å². The van der Waals surface area contributed by atoms with Crippen LogP contribution in [0.2, 0.25) is 0 Å². The summed E-state index contributed by atoms with van der Waals surface area (Å²) in [6.45, 7) is 12.8. The van der Waals surface area contributed by atoms with E-state index in [0.717, 1.165) is 4.90 Å². The van der Waals surface area contributed by atoms with Gasteiger partial charge in [0, 0.05) is 11.1 Å². The molecule has 0 bridgehead atoms. The van der Waals surface area contributed by atoms with E-state index in [1.165, 1.54) is 29.5 Å². The van der Waals surface area contributed by atoms with Gasteiger partial charge in [0.25, 0.3) is 0 Å². The molecule has 0 unspecified atom stereocenters. The molecule has 0 aliphatic heterocycles. The number of benzene rings is 1. The summed E-state index contributed by atoms with van der Waals surface area (Å²) >= 11 is 1.30. The summed E-state index contributed by atoms with van der Waals surface area (Å²) in [6.07, 6.45) is -4.38. The lowest BCUT2D eigenvalue weighted by Crippen LogP contribution is -2.33. The van der Waals surface area contributed by atoms with Crippen molar-refractivity contribution in [2.24, 2.45) is 0 Å². The number of thiazole rings is 1. The highest BCUT2D eigenvalue weighted by molar-refractivity contribution is 7.07. The maximum Gasteiger partial charge on any atom is 0.405 e. The average molecular weight is 322 g/mol. The largest absolute Gasteiger partial charge is 0.405 e. The highest BCUT2D eigenvalue weighted by Gasteiger charge is 2.31. The SMILES string of the molecule is [C-]#[N+]c1ccc(N(Cc2cscn2)CC(F)(F)F)cc1[N+]#[C-].